The molecule has 5 rings (SSSR count). The van der Waals surface area contributed by atoms with Crippen molar-refractivity contribution in [2.24, 2.45) is 0 Å². The first-order chi connectivity index (χ1) is 14.9. The Morgan fingerprint density at radius 3 is 2.30 bits per heavy atom. The summed E-state index contributed by atoms with van der Waals surface area (Å²) in [7, 11) is 0. The molecule has 2 heterocycles. The monoisotopic (exact) mass is 394 g/mol. The van der Waals surface area contributed by atoms with Gasteiger partial charge in [0.25, 0.3) is 5.71 Å². The lowest BCUT2D eigenvalue weighted by Gasteiger charge is -2.09. The highest BCUT2D eigenvalue weighted by Gasteiger charge is 2.16. The zero-order valence-electron chi connectivity index (χ0n) is 16.0. The molecule has 0 aliphatic heterocycles. The molecule has 0 aliphatic rings. The fraction of sp³-hybridized carbons (Fsp3) is 0.0417. The first-order valence-corrected chi connectivity index (χ1v) is 9.56. The Labute approximate surface area is 173 Å². The fourth-order valence-electron chi connectivity index (χ4n) is 3.19. The number of rotatable bonds is 6. The van der Waals surface area contributed by atoms with Crippen molar-refractivity contribution in [2.45, 2.75) is 6.61 Å². The maximum absolute atomic E-state index is 5.85. The molecule has 0 saturated carbocycles. The molecular formula is C24H18N4O2. The first-order valence-electron chi connectivity index (χ1n) is 9.56. The molecule has 0 atom stereocenters. The van der Waals surface area contributed by atoms with Crippen LogP contribution >= 0.6 is 0 Å². The first kappa shape index (κ1) is 17.9. The fourth-order valence-corrected chi connectivity index (χ4v) is 3.19. The topological polar surface area (TPSA) is 73.1 Å². The van der Waals surface area contributed by atoms with Gasteiger partial charge in [0, 0.05) is 11.3 Å². The van der Waals surface area contributed by atoms with E-state index in [4.69, 9.17) is 9.26 Å². The van der Waals surface area contributed by atoms with Gasteiger partial charge in [0.05, 0.1) is 0 Å². The van der Waals surface area contributed by atoms with Gasteiger partial charge in [0.15, 0.2) is 0 Å². The van der Waals surface area contributed by atoms with Crippen LogP contribution in [0, 0.1) is 0 Å². The van der Waals surface area contributed by atoms with E-state index in [0.29, 0.717) is 23.8 Å². The number of benzene rings is 3. The molecule has 2 aromatic heterocycles. The molecule has 6 nitrogen and oxygen atoms in total. The zero-order valence-corrected chi connectivity index (χ0v) is 16.0. The summed E-state index contributed by atoms with van der Waals surface area (Å²) in [6.45, 7) is 0.529. The Balaban J connectivity index is 1.37. The molecule has 5 aromatic rings. The van der Waals surface area contributed by atoms with Gasteiger partial charge in [-0.1, -0.05) is 65.8 Å². The molecule has 0 bridgehead atoms. The smallest absolute Gasteiger partial charge is 0.263 e. The molecule has 3 aromatic carbocycles. The second kappa shape index (κ2) is 8.05. The van der Waals surface area contributed by atoms with Crippen LogP contribution in [0.5, 0.6) is 5.75 Å². The van der Waals surface area contributed by atoms with Crippen molar-refractivity contribution in [3.63, 3.8) is 0 Å². The van der Waals surface area contributed by atoms with Crippen LogP contribution in [0.1, 0.15) is 5.56 Å². The highest BCUT2D eigenvalue weighted by Crippen LogP contribution is 2.32. The molecule has 0 fully saturated rings. The number of nitrogens with one attached hydrogen (secondary N) is 1. The molecule has 0 spiro atoms. The van der Waals surface area contributed by atoms with Gasteiger partial charge >= 0.3 is 0 Å². The van der Waals surface area contributed by atoms with Gasteiger partial charge in [0.1, 0.15) is 35.6 Å². The summed E-state index contributed by atoms with van der Waals surface area (Å²) in [6, 6.07) is 27.7. The van der Waals surface area contributed by atoms with Gasteiger partial charge in [-0.2, -0.15) is 4.98 Å². The van der Waals surface area contributed by atoms with Gasteiger partial charge in [-0.3, -0.25) is 0 Å². The molecular weight excluding hydrogens is 376 g/mol. The molecule has 0 amide bonds. The van der Waals surface area contributed by atoms with Crippen molar-refractivity contribution < 1.29 is 9.26 Å². The minimum atomic E-state index is 0.439. The molecule has 6 heteroatoms. The van der Waals surface area contributed by atoms with Crippen LogP contribution in [-0.2, 0) is 6.61 Å². The summed E-state index contributed by atoms with van der Waals surface area (Å²) in [5.74, 6) is 1.44. The highest BCUT2D eigenvalue weighted by molar-refractivity contribution is 5.98. The van der Waals surface area contributed by atoms with Crippen molar-refractivity contribution in [1.29, 1.82) is 0 Å². The van der Waals surface area contributed by atoms with Crippen LogP contribution in [0.3, 0.4) is 0 Å². The molecule has 1 N–H and O–H groups in total. The Morgan fingerprint density at radius 2 is 1.53 bits per heavy atom. The third-order valence-corrected chi connectivity index (χ3v) is 4.69. The SMILES string of the molecule is c1ccc(COc2ccc(Nc3ncnc4onc(-c5ccccc5)c34)cc2)cc1. The summed E-state index contributed by atoms with van der Waals surface area (Å²) >= 11 is 0. The van der Waals surface area contributed by atoms with E-state index in [2.05, 4.69) is 20.4 Å². The summed E-state index contributed by atoms with van der Waals surface area (Å²) in [4.78, 5) is 8.60. The van der Waals surface area contributed by atoms with E-state index in [0.717, 1.165) is 28.0 Å². The van der Waals surface area contributed by atoms with E-state index >= 15 is 0 Å². The Morgan fingerprint density at radius 1 is 0.800 bits per heavy atom. The standard InChI is InChI=1S/C24H18N4O2/c1-3-7-17(8-4-1)15-29-20-13-11-19(12-14-20)27-23-21-22(18-9-5-2-6-10-18)28-30-24(21)26-16-25-23/h1-14,16H,15H2,(H,25,26,27). The number of hydrogen-bond acceptors (Lipinski definition) is 6. The Hall–Kier alpha value is -4.19. The second-order valence-corrected chi connectivity index (χ2v) is 6.72. The number of nitrogens with zero attached hydrogens (tertiary/aromatic N) is 3. The largest absolute Gasteiger partial charge is 0.489 e. The molecule has 0 saturated heterocycles. The molecule has 30 heavy (non-hydrogen) atoms. The van der Waals surface area contributed by atoms with Gasteiger partial charge in [0.2, 0.25) is 0 Å². The maximum Gasteiger partial charge on any atom is 0.263 e. The minimum absolute atomic E-state index is 0.439. The summed E-state index contributed by atoms with van der Waals surface area (Å²) in [5, 5.41) is 8.28. The van der Waals surface area contributed by atoms with Crippen molar-refractivity contribution >= 4 is 22.6 Å². The number of ether oxygens (including phenoxy) is 1. The number of fused-ring (bicyclic) bond motifs is 1. The number of hydrogen-bond donors (Lipinski definition) is 1. The van der Waals surface area contributed by atoms with Crippen LogP contribution in [0.15, 0.2) is 95.8 Å². The van der Waals surface area contributed by atoms with Gasteiger partial charge in [-0.15, -0.1) is 0 Å². The van der Waals surface area contributed by atoms with Crippen LogP contribution in [-0.4, -0.2) is 15.1 Å². The lowest BCUT2D eigenvalue weighted by atomic mass is 10.1. The van der Waals surface area contributed by atoms with Crippen molar-refractivity contribution in [3.05, 3.63) is 96.8 Å². The van der Waals surface area contributed by atoms with Gasteiger partial charge in [-0.05, 0) is 29.8 Å². The lowest BCUT2D eigenvalue weighted by Crippen LogP contribution is -1.97. The van der Waals surface area contributed by atoms with Crippen LogP contribution in [0.2, 0.25) is 0 Å². The van der Waals surface area contributed by atoms with Crippen LogP contribution < -0.4 is 10.1 Å². The van der Waals surface area contributed by atoms with E-state index in [9.17, 15) is 0 Å². The summed E-state index contributed by atoms with van der Waals surface area (Å²) in [6.07, 6.45) is 1.46. The third-order valence-electron chi connectivity index (χ3n) is 4.69. The highest BCUT2D eigenvalue weighted by atomic mass is 16.5. The van der Waals surface area contributed by atoms with E-state index < -0.39 is 0 Å². The zero-order chi connectivity index (χ0) is 20.2. The number of anilines is 2. The molecule has 0 unspecified atom stereocenters. The normalized spacial score (nSPS) is 10.8. The lowest BCUT2D eigenvalue weighted by molar-refractivity contribution is 0.306. The van der Waals surface area contributed by atoms with Crippen LogP contribution in [0.25, 0.3) is 22.4 Å². The Bertz CT molecular complexity index is 1250. The van der Waals surface area contributed by atoms with E-state index in [1.54, 1.807) is 0 Å². The average Bonchev–Trinajstić information content (AvgIpc) is 3.25. The van der Waals surface area contributed by atoms with E-state index in [1.165, 1.54) is 6.33 Å². The second-order valence-electron chi connectivity index (χ2n) is 6.72. The van der Waals surface area contributed by atoms with Gasteiger partial charge < -0.3 is 14.6 Å². The van der Waals surface area contributed by atoms with Crippen molar-refractivity contribution in [2.75, 3.05) is 5.32 Å². The van der Waals surface area contributed by atoms with Gasteiger partial charge in [-0.25, -0.2) is 4.98 Å². The minimum Gasteiger partial charge on any atom is -0.489 e. The summed E-state index contributed by atoms with van der Waals surface area (Å²) < 4.78 is 11.3. The summed E-state index contributed by atoms with van der Waals surface area (Å²) in [5.41, 5.74) is 4.09. The average molecular weight is 394 g/mol. The quantitative estimate of drug-likeness (QED) is 0.404. The third kappa shape index (κ3) is 3.71. The van der Waals surface area contributed by atoms with Crippen molar-refractivity contribution in [1.82, 2.24) is 15.1 Å². The predicted molar refractivity (Wildman–Crippen MR) is 116 cm³/mol. The predicted octanol–water partition coefficient (Wildman–Crippen LogP) is 5.61. The maximum atomic E-state index is 5.85. The molecule has 146 valence electrons. The molecule has 0 radical (unpaired) electrons. The van der Waals surface area contributed by atoms with E-state index in [1.807, 2.05) is 84.9 Å². The van der Waals surface area contributed by atoms with E-state index in [-0.39, 0.29) is 0 Å². The van der Waals surface area contributed by atoms with Crippen molar-refractivity contribution in [3.8, 4) is 17.0 Å². The van der Waals surface area contributed by atoms with Crippen LogP contribution in [0.4, 0.5) is 11.5 Å². The molecule has 0 aliphatic carbocycles. The Kier molecular flexibility index (Phi) is 4.79. The number of aromatic nitrogens is 3.